The molecule has 1 atom stereocenters. The van der Waals surface area contributed by atoms with Gasteiger partial charge in [-0.2, -0.15) is 0 Å². The van der Waals surface area contributed by atoms with Crippen LogP contribution < -0.4 is 5.32 Å². The number of amides is 1. The van der Waals surface area contributed by atoms with E-state index in [0.29, 0.717) is 12.2 Å². The fourth-order valence-corrected chi connectivity index (χ4v) is 2.71. The van der Waals surface area contributed by atoms with E-state index in [1.165, 1.54) is 12.1 Å². The van der Waals surface area contributed by atoms with Gasteiger partial charge in [0.05, 0.1) is 18.2 Å². The topological polar surface area (TPSA) is 78.9 Å². The molecule has 2 N–H and O–H groups in total. The number of hydrogen-bond donors (Lipinski definition) is 2. The number of hydrogen-bond acceptors (Lipinski definition) is 4. The van der Waals surface area contributed by atoms with Crippen molar-refractivity contribution < 1.29 is 19.4 Å². The highest BCUT2D eigenvalue weighted by atomic mass is 16.5. The summed E-state index contributed by atoms with van der Waals surface area (Å²) in [7, 11) is 0. The lowest BCUT2D eigenvalue weighted by Gasteiger charge is -2.32. The van der Waals surface area contributed by atoms with Crippen LogP contribution in [0.1, 0.15) is 36.5 Å². The molecule has 1 amide bonds. The number of piperidine rings is 1. The van der Waals surface area contributed by atoms with Crippen molar-refractivity contribution in [3.05, 3.63) is 29.8 Å². The molecule has 0 unspecified atom stereocenters. The summed E-state index contributed by atoms with van der Waals surface area (Å²) in [5, 5.41) is 11.7. The van der Waals surface area contributed by atoms with Gasteiger partial charge in [-0.05, 0) is 44.0 Å². The van der Waals surface area contributed by atoms with Crippen molar-refractivity contribution in [2.45, 2.75) is 32.3 Å². The maximum Gasteiger partial charge on any atom is 0.335 e. The molecule has 126 valence electrons. The summed E-state index contributed by atoms with van der Waals surface area (Å²) in [4.78, 5) is 25.2. The normalized spacial score (nSPS) is 18.6. The van der Waals surface area contributed by atoms with E-state index in [0.717, 1.165) is 39.0 Å². The first-order valence-corrected chi connectivity index (χ1v) is 8.05. The second kappa shape index (κ2) is 8.64. The van der Waals surface area contributed by atoms with Gasteiger partial charge < -0.3 is 15.2 Å². The molecule has 1 heterocycles. The van der Waals surface area contributed by atoms with E-state index in [1.54, 1.807) is 12.1 Å². The number of carboxylic acids is 1. The van der Waals surface area contributed by atoms with E-state index < -0.39 is 5.97 Å². The van der Waals surface area contributed by atoms with Gasteiger partial charge in [0, 0.05) is 18.8 Å². The predicted octanol–water partition coefficient (Wildman–Crippen LogP) is 2.21. The third-order valence-electron chi connectivity index (χ3n) is 3.78. The van der Waals surface area contributed by atoms with Gasteiger partial charge >= 0.3 is 5.97 Å². The third-order valence-corrected chi connectivity index (χ3v) is 3.78. The Morgan fingerprint density at radius 2 is 2.26 bits per heavy atom. The van der Waals surface area contributed by atoms with Crippen molar-refractivity contribution in [3.8, 4) is 0 Å². The van der Waals surface area contributed by atoms with Gasteiger partial charge in [-0.15, -0.1) is 0 Å². The van der Waals surface area contributed by atoms with Crippen molar-refractivity contribution in [1.29, 1.82) is 0 Å². The number of nitrogens with one attached hydrogen (secondary N) is 1. The largest absolute Gasteiger partial charge is 0.478 e. The van der Waals surface area contributed by atoms with Crippen LogP contribution in [-0.2, 0) is 9.53 Å². The number of anilines is 1. The third kappa shape index (κ3) is 5.65. The molecular weight excluding hydrogens is 296 g/mol. The number of carboxylic acid groups (broad SMARTS) is 1. The zero-order chi connectivity index (χ0) is 16.7. The minimum absolute atomic E-state index is 0.135. The smallest absolute Gasteiger partial charge is 0.335 e. The van der Waals surface area contributed by atoms with Gasteiger partial charge in [-0.25, -0.2) is 4.79 Å². The van der Waals surface area contributed by atoms with E-state index in [9.17, 15) is 9.59 Å². The van der Waals surface area contributed by atoms with Crippen molar-refractivity contribution in [1.82, 2.24) is 4.90 Å². The Hall–Kier alpha value is -1.92. The summed E-state index contributed by atoms with van der Waals surface area (Å²) >= 11 is 0. The Bertz CT molecular complexity index is 547. The number of aromatic carboxylic acids is 1. The molecule has 1 aliphatic heterocycles. The Morgan fingerprint density at radius 1 is 1.43 bits per heavy atom. The monoisotopic (exact) mass is 320 g/mol. The second-order valence-corrected chi connectivity index (χ2v) is 5.80. The van der Waals surface area contributed by atoms with Crippen LogP contribution in [0, 0.1) is 0 Å². The van der Waals surface area contributed by atoms with Crippen LogP contribution in [0.4, 0.5) is 5.69 Å². The molecule has 0 aliphatic carbocycles. The standard InChI is InChI=1S/C17H24N2O4/c1-2-9-23-15-7-4-8-19(11-15)12-16(20)18-14-6-3-5-13(10-14)17(21)22/h3,5-6,10,15H,2,4,7-9,11-12H2,1H3,(H,18,20)(H,21,22)/t15-/m0/s1. The molecule has 0 radical (unpaired) electrons. The Labute approximate surface area is 136 Å². The summed E-state index contributed by atoms with van der Waals surface area (Å²) in [6.07, 6.45) is 3.26. The molecule has 0 saturated carbocycles. The van der Waals surface area contributed by atoms with Crippen molar-refractivity contribution in [3.63, 3.8) is 0 Å². The minimum Gasteiger partial charge on any atom is -0.478 e. The molecule has 23 heavy (non-hydrogen) atoms. The Kier molecular flexibility index (Phi) is 6.55. The van der Waals surface area contributed by atoms with Crippen LogP contribution in [0.5, 0.6) is 0 Å². The number of carbonyl (C=O) groups excluding carboxylic acids is 1. The van der Waals surface area contributed by atoms with Crippen molar-refractivity contribution in [2.24, 2.45) is 0 Å². The average Bonchev–Trinajstić information content (AvgIpc) is 2.53. The molecule has 0 spiro atoms. The highest BCUT2D eigenvalue weighted by molar-refractivity contribution is 5.94. The first kappa shape index (κ1) is 17.4. The molecule has 6 nitrogen and oxygen atoms in total. The minimum atomic E-state index is -1.01. The van der Waals surface area contributed by atoms with Gasteiger partial charge in [0.1, 0.15) is 0 Å². The van der Waals surface area contributed by atoms with Crippen LogP contribution in [0.2, 0.25) is 0 Å². The van der Waals surface area contributed by atoms with Gasteiger partial charge in [0.2, 0.25) is 5.91 Å². The molecule has 1 aliphatic rings. The van der Waals surface area contributed by atoms with Crippen LogP contribution in [-0.4, -0.2) is 54.2 Å². The predicted molar refractivity (Wildman–Crippen MR) is 87.7 cm³/mol. The summed E-state index contributed by atoms with van der Waals surface area (Å²) in [6.45, 7) is 4.78. The Morgan fingerprint density at radius 3 is 3.00 bits per heavy atom. The maximum absolute atomic E-state index is 12.1. The molecule has 0 aromatic heterocycles. The lowest BCUT2D eigenvalue weighted by atomic mass is 10.1. The van der Waals surface area contributed by atoms with Crippen molar-refractivity contribution >= 4 is 17.6 Å². The van der Waals surface area contributed by atoms with E-state index >= 15 is 0 Å². The van der Waals surface area contributed by atoms with Crippen LogP contribution in [0.3, 0.4) is 0 Å². The summed E-state index contributed by atoms with van der Waals surface area (Å²) < 4.78 is 5.77. The zero-order valence-corrected chi connectivity index (χ0v) is 13.5. The number of carbonyl (C=O) groups is 2. The zero-order valence-electron chi connectivity index (χ0n) is 13.5. The summed E-state index contributed by atoms with van der Waals surface area (Å²) in [6, 6.07) is 6.27. The van der Waals surface area contributed by atoms with E-state index in [1.807, 2.05) is 0 Å². The number of likely N-dealkylation sites (tertiary alicyclic amines) is 1. The lowest BCUT2D eigenvalue weighted by molar-refractivity contribution is -0.118. The molecule has 2 rings (SSSR count). The highest BCUT2D eigenvalue weighted by Gasteiger charge is 2.22. The fourth-order valence-electron chi connectivity index (χ4n) is 2.71. The molecule has 1 fully saturated rings. The molecule has 1 saturated heterocycles. The molecule has 0 bridgehead atoms. The van der Waals surface area contributed by atoms with Gasteiger partial charge in [0.25, 0.3) is 0 Å². The number of benzene rings is 1. The lowest BCUT2D eigenvalue weighted by Crippen LogP contribution is -2.43. The average molecular weight is 320 g/mol. The Balaban J connectivity index is 1.84. The molecule has 6 heteroatoms. The van der Waals surface area contributed by atoms with Crippen LogP contribution in [0.25, 0.3) is 0 Å². The van der Waals surface area contributed by atoms with E-state index in [2.05, 4.69) is 17.1 Å². The van der Waals surface area contributed by atoms with Gasteiger partial charge in [-0.1, -0.05) is 13.0 Å². The highest BCUT2D eigenvalue weighted by Crippen LogP contribution is 2.14. The van der Waals surface area contributed by atoms with E-state index in [-0.39, 0.29) is 17.6 Å². The first-order valence-electron chi connectivity index (χ1n) is 8.05. The molecule has 1 aromatic carbocycles. The first-order chi connectivity index (χ1) is 11.1. The summed E-state index contributed by atoms with van der Waals surface area (Å²) in [5.74, 6) is -1.14. The van der Waals surface area contributed by atoms with Crippen molar-refractivity contribution in [2.75, 3.05) is 31.6 Å². The van der Waals surface area contributed by atoms with Crippen LogP contribution >= 0.6 is 0 Å². The molecule has 1 aromatic rings. The quantitative estimate of drug-likeness (QED) is 0.805. The second-order valence-electron chi connectivity index (χ2n) is 5.80. The fraction of sp³-hybridized carbons (Fsp3) is 0.529. The maximum atomic E-state index is 12.1. The number of rotatable bonds is 7. The number of ether oxygens (including phenoxy) is 1. The van der Waals surface area contributed by atoms with Gasteiger partial charge in [0.15, 0.2) is 0 Å². The SMILES string of the molecule is CCCO[C@H]1CCCN(CC(=O)Nc2cccc(C(=O)O)c2)C1. The number of nitrogens with zero attached hydrogens (tertiary/aromatic N) is 1. The summed E-state index contributed by atoms with van der Waals surface area (Å²) in [5.41, 5.74) is 0.666. The van der Waals surface area contributed by atoms with E-state index in [4.69, 9.17) is 9.84 Å². The van der Waals surface area contributed by atoms with Crippen LogP contribution in [0.15, 0.2) is 24.3 Å². The molecular formula is C17H24N2O4. The van der Waals surface area contributed by atoms with Gasteiger partial charge in [-0.3, -0.25) is 9.69 Å².